The lowest BCUT2D eigenvalue weighted by molar-refractivity contribution is -0.142. The molecule has 1 heterocycles. The van der Waals surface area contributed by atoms with Crippen molar-refractivity contribution in [1.82, 2.24) is 5.32 Å². The molecule has 144 valence electrons. The molecule has 1 aliphatic heterocycles. The molecule has 1 aliphatic rings. The number of hydrogen-bond donors (Lipinski definition) is 1. The molecule has 1 N–H and O–H groups in total. The number of methoxy groups -OCH3 is 1. The number of hydrogen-bond acceptors (Lipinski definition) is 7. The van der Waals surface area contributed by atoms with Crippen molar-refractivity contribution >= 4 is 19.7 Å². The van der Waals surface area contributed by atoms with Crippen molar-refractivity contribution in [1.29, 1.82) is 0 Å². The van der Waals surface area contributed by atoms with Crippen molar-refractivity contribution in [3.8, 4) is 5.75 Å². The number of nitrogens with one attached hydrogen (secondary N) is 1. The fourth-order valence-corrected chi connectivity index (χ4v) is 3.85. The molecule has 10 heteroatoms. The van der Waals surface area contributed by atoms with Gasteiger partial charge in [0.1, 0.15) is 11.6 Å². The highest BCUT2D eigenvalue weighted by atomic mass is 31.2. The minimum Gasteiger partial charge on any atom is -0.469 e. The van der Waals surface area contributed by atoms with Crippen LogP contribution in [0.5, 0.6) is 5.75 Å². The van der Waals surface area contributed by atoms with E-state index in [0.29, 0.717) is 0 Å². The predicted molar refractivity (Wildman–Crippen MR) is 88.9 cm³/mol. The van der Waals surface area contributed by atoms with Gasteiger partial charge in [-0.1, -0.05) is 13.8 Å². The molecule has 2 rings (SSSR count). The van der Waals surface area contributed by atoms with E-state index in [0.717, 1.165) is 12.1 Å². The van der Waals surface area contributed by atoms with Crippen molar-refractivity contribution in [2.75, 3.05) is 20.3 Å². The number of esters is 1. The summed E-state index contributed by atoms with van der Waals surface area (Å²) in [4.78, 5) is 23.5. The third-order valence-corrected chi connectivity index (χ3v) is 5.01. The van der Waals surface area contributed by atoms with Gasteiger partial charge in [0.15, 0.2) is 6.10 Å². The molecule has 1 aromatic rings. The second kappa shape index (κ2) is 8.16. The Balaban J connectivity index is 2.04. The average molecular weight is 389 g/mol. The first kappa shape index (κ1) is 20.4. The van der Waals surface area contributed by atoms with E-state index >= 15 is 0 Å². The molecule has 1 saturated heterocycles. The van der Waals surface area contributed by atoms with Gasteiger partial charge in [0.05, 0.1) is 20.1 Å². The highest BCUT2D eigenvalue weighted by molar-refractivity contribution is 7.49. The summed E-state index contributed by atoms with van der Waals surface area (Å²) in [5, 5.41) is 2.54. The summed E-state index contributed by atoms with van der Waals surface area (Å²) in [6, 6.07) is 4.80. The number of halogens is 1. The number of rotatable bonds is 6. The molecule has 0 radical (unpaired) electrons. The van der Waals surface area contributed by atoms with Crippen molar-refractivity contribution in [3.63, 3.8) is 0 Å². The van der Waals surface area contributed by atoms with Crippen LogP contribution in [-0.4, -0.2) is 38.2 Å². The first-order chi connectivity index (χ1) is 12.1. The molecule has 0 aromatic heterocycles. The monoisotopic (exact) mass is 389 g/mol. The molecular weight excluding hydrogens is 368 g/mol. The van der Waals surface area contributed by atoms with Crippen LogP contribution in [0.1, 0.15) is 20.3 Å². The molecule has 0 spiro atoms. The maximum Gasteiger partial charge on any atom is 0.530 e. The van der Waals surface area contributed by atoms with E-state index in [2.05, 4.69) is 10.1 Å². The van der Waals surface area contributed by atoms with E-state index < -0.39 is 37.0 Å². The zero-order valence-electron chi connectivity index (χ0n) is 14.7. The Bertz CT molecular complexity index is 707. The smallest absolute Gasteiger partial charge is 0.469 e. The largest absolute Gasteiger partial charge is 0.530 e. The molecule has 0 bridgehead atoms. The fourth-order valence-electron chi connectivity index (χ4n) is 2.18. The van der Waals surface area contributed by atoms with Crippen LogP contribution in [0.4, 0.5) is 4.39 Å². The van der Waals surface area contributed by atoms with Gasteiger partial charge in [-0.3, -0.25) is 18.6 Å². The lowest BCUT2D eigenvalue weighted by Crippen LogP contribution is -2.50. The summed E-state index contributed by atoms with van der Waals surface area (Å²) in [5.74, 6) is -1.42. The van der Waals surface area contributed by atoms with Gasteiger partial charge in [-0.25, -0.2) is 8.96 Å². The maximum absolute atomic E-state index is 13.0. The van der Waals surface area contributed by atoms with Gasteiger partial charge < -0.3 is 14.6 Å². The van der Waals surface area contributed by atoms with Crippen LogP contribution in [0.15, 0.2) is 24.3 Å². The van der Waals surface area contributed by atoms with E-state index in [4.69, 9.17) is 13.6 Å². The van der Waals surface area contributed by atoms with Crippen LogP contribution in [0.2, 0.25) is 0 Å². The van der Waals surface area contributed by atoms with Crippen LogP contribution in [0.25, 0.3) is 0 Å². The number of phosphoric acid groups is 1. The average Bonchev–Trinajstić information content (AvgIpc) is 2.59. The van der Waals surface area contributed by atoms with E-state index in [1.54, 1.807) is 13.8 Å². The first-order valence-corrected chi connectivity index (χ1v) is 9.34. The second-order valence-electron chi connectivity index (χ2n) is 6.36. The Hall–Kier alpha value is -1.96. The van der Waals surface area contributed by atoms with Crippen LogP contribution in [0, 0.1) is 11.2 Å². The van der Waals surface area contributed by atoms with Crippen LogP contribution < -0.4 is 9.84 Å². The normalized spacial score (nSPS) is 24.5. The topological polar surface area (TPSA) is 100 Å². The standard InChI is InChI=1S/C16H21FNO7P/c1-16(2)10-23-26(21,24-12-6-4-11(17)5-7-12)25-14(16)15(20)18-9-8-13(19)22-3/h4-7,14H,8-10H2,1-3H3,(H,18,20). The molecule has 1 fully saturated rings. The highest BCUT2D eigenvalue weighted by Crippen LogP contribution is 2.56. The third-order valence-electron chi connectivity index (χ3n) is 3.66. The van der Waals surface area contributed by atoms with Gasteiger partial charge in [0.25, 0.3) is 5.91 Å². The molecular formula is C16H21FNO7P. The summed E-state index contributed by atoms with van der Waals surface area (Å²) in [5.41, 5.74) is -0.782. The molecule has 0 saturated carbocycles. The Kier molecular flexibility index (Phi) is 6.39. The number of carbonyl (C=O) groups excluding carboxylic acids is 2. The zero-order valence-corrected chi connectivity index (χ0v) is 15.6. The Labute approximate surface area is 150 Å². The summed E-state index contributed by atoms with van der Waals surface area (Å²) in [7, 11) is -2.82. The van der Waals surface area contributed by atoms with E-state index in [1.165, 1.54) is 19.2 Å². The molecule has 8 nitrogen and oxygen atoms in total. The van der Waals surface area contributed by atoms with Gasteiger partial charge in [-0.2, -0.15) is 0 Å². The molecule has 1 aromatic carbocycles. The van der Waals surface area contributed by atoms with Crippen molar-refractivity contribution < 1.29 is 36.9 Å². The van der Waals surface area contributed by atoms with Gasteiger partial charge in [-0.05, 0) is 24.3 Å². The molecule has 26 heavy (non-hydrogen) atoms. The minimum absolute atomic E-state index is 0.00434. The lowest BCUT2D eigenvalue weighted by atomic mass is 9.87. The van der Waals surface area contributed by atoms with Gasteiger partial charge in [0, 0.05) is 12.0 Å². The van der Waals surface area contributed by atoms with Gasteiger partial charge in [-0.15, -0.1) is 0 Å². The number of amides is 1. The SMILES string of the molecule is COC(=O)CCNC(=O)C1OP(=O)(Oc2ccc(F)cc2)OCC1(C)C. The maximum atomic E-state index is 13.0. The Morgan fingerprint density at radius 2 is 2.00 bits per heavy atom. The Morgan fingerprint density at radius 3 is 2.62 bits per heavy atom. The molecule has 0 aliphatic carbocycles. The summed E-state index contributed by atoms with van der Waals surface area (Å²) in [6.45, 7) is 3.41. The van der Waals surface area contributed by atoms with E-state index in [9.17, 15) is 18.5 Å². The Morgan fingerprint density at radius 1 is 1.35 bits per heavy atom. The van der Waals surface area contributed by atoms with Crippen LogP contribution >= 0.6 is 7.82 Å². The zero-order chi connectivity index (χ0) is 19.4. The van der Waals surface area contributed by atoms with E-state index in [-0.39, 0.29) is 25.3 Å². The van der Waals surface area contributed by atoms with Gasteiger partial charge in [0.2, 0.25) is 0 Å². The van der Waals surface area contributed by atoms with Gasteiger partial charge >= 0.3 is 13.8 Å². The lowest BCUT2D eigenvalue weighted by Gasteiger charge is -2.39. The van der Waals surface area contributed by atoms with Crippen molar-refractivity contribution in [2.24, 2.45) is 5.41 Å². The first-order valence-electron chi connectivity index (χ1n) is 7.88. The van der Waals surface area contributed by atoms with Crippen LogP contribution in [-0.2, 0) is 27.9 Å². The summed E-state index contributed by atoms with van der Waals surface area (Å²) >= 11 is 0. The number of benzene rings is 1. The highest BCUT2D eigenvalue weighted by Gasteiger charge is 2.49. The summed E-state index contributed by atoms with van der Waals surface area (Å²) < 4.78 is 46.0. The third kappa shape index (κ3) is 5.27. The second-order valence-corrected chi connectivity index (χ2v) is 7.90. The fraction of sp³-hybridized carbons (Fsp3) is 0.500. The van der Waals surface area contributed by atoms with Crippen molar-refractivity contribution in [3.05, 3.63) is 30.1 Å². The molecule has 2 unspecified atom stereocenters. The van der Waals surface area contributed by atoms with Crippen molar-refractivity contribution in [2.45, 2.75) is 26.4 Å². The van der Waals surface area contributed by atoms with E-state index in [1.807, 2.05) is 0 Å². The predicted octanol–water partition coefficient (Wildman–Crippen LogP) is 2.43. The number of ether oxygens (including phenoxy) is 1. The van der Waals surface area contributed by atoms with Crippen LogP contribution in [0.3, 0.4) is 0 Å². The summed E-state index contributed by atoms with van der Waals surface area (Å²) in [6.07, 6.45) is -1.13. The number of carbonyl (C=O) groups is 2. The molecule has 2 atom stereocenters. The minimum atomic E-state index is -4.07. The quantitative estimate of drug-likeness (QED) is 0.589. The molecule has 1 amide bonds. The number of phosphoric ester groups is 1.